The molecule has 3 heterocycles. The van der Waals surface area contributed by atoms with Gasteiger partial charge in [0.05, 0.1) is 18.9 Å². The summed E-state index contributed by atoms with van der Waals surface area (Å²) in [5.41, 5.74) is 1.00. The van der Waals surface area contributed by atoms with Crippen LogP contribution in [0, 0.1) is 0 Å². The van der Waals surface area contributed by atoms with Crippen molar-refractivity contribution in [1.82, 2.24) is 14.5 Å². The van der Waals surface area contributed by atoms with E-state index >= 15 is 0 Å². The number of thioether (sulfide) groups is 1. The number of ether oxygens (including phenoxy) is 1. The average molecular weight is 400 g/mol. The lowest BCUT2D eigenvalue weighted by molar-refractivity contribution is -0.129. The molecule has 1 aliphatic rings. The standard InChI is InChI=1S/C20H21N3O2S2/c1-25-16-8-6-15(7-9-16)22-12-10-21-20(22)27-14-19(24)23-11-2-4-17(23)18-5-3-13-26-18/h3,5-10,12-13,17H,2,4,11,14H2,1H3/t17-/m1/s1. The Labute approximate surface area is 167 Å². The molecular formula is C20H21N3O2S2. The van der Waals surface area contributed by atoms with Gasteiger partial charge >= 0.3 is 0 Å². The minimum atomic E-state index is 0.181. The number of amides is 1. The highest BCUT2D eigenvalue weighted by atomic mass is 32.2. The van der Waals surface area contributed by atoms with Gasteiger partial charge < -0.3 is 9.64 Å². The molecule has 1 aromatic carbocycles. The highest BCUT2D eigenvalue weighted by Crippen LogP contribution is 2.35. The van der Waals surface area contributed by atoms with Crippen molar-refractivity contribution in [3.05, 3.63) is 59.0 Å². The van der Waals surface area contributed by atoms with Crippen LogP contribution in [-0.4, -0.2) is 39.8 Å². The fraction of sp³-hybridized carbons (Fsp3) is 0.300. The van der Waals surface area contributed by atoms with Gasteiger partial charge in [-0.25, -0.2) is 4.98 Å². The smallest absolute Gasteiger partial charge is 0.233 e. The number of nitrogens with zero attached hydrogens (tertiary/aromatic N) is 3. The summed E-state index contributed by atoms with van der Waals surface area (Å²) in [5.74, 6) is 1.40. The molecule has 1 atom stereocenters. The van der Waals surface area contributed by atoms with Gasteiger partial charge in [-0.2, -0.15) is 0 Å². The molecule has 0 saturated carbocycles. The molecule has 0 bridgehead atoms. The Balaban J connectivity index is 1.43. The van der Waals surface area contributed by atoms with Gasteiger partial charge in [-0.15, -0.1) is 11.3 Å². The number of imidazole rings is 1. The highest BCUT2D eigenvalue weighted by Gasteiger charge is 2.30. The number of likely N-dealkylation sites (tertiary alicyclic amines) is 1. The first-order valence-electron chi connectivity index (χ1n) is 8.89. The lowest BCUT2D eigenvalue weighted by atomic mass is 10.2. The Kier molecular flexibility index (Phi) is 5.50. The SMILES string of the molecule is COc1ccc(-n2ccnc2SCC(=O)N2CCC[C@@H]2c2cccs2)cc1. The monoisotopic (exact) mass is 399 g/mol. The Bertz CT molecular complexity index is 890. The molecule has 5 nitrogen and oxygen atoms in total. The van der Waals surface area contributed by atoms with Gasteiger partial charge in [0.2, 0.25) is 5.91 Å². The van der Waals surface area contributed by atoms with Crippen LogP contribution in [0.4, 0.5) is 0 Å². The van der Waals surface area contributed by atoms with Crippen LogP contribution in [0.5, 0.6) is 5.75 Å². The van der Waals surface area contributed by atoms with Crippen LogP contribution in [0.25, 0.3) is 5.69 Å². The molecule has 2 aromatic heterocycles. The third-order valence-electron chi connectivity index (χ3n) is 4.73. The Morgan fingerprint density at radius 1 is 1.33 bits per heavy atom. The molecule has 4 rings (SSSR count). The van der Waals surface area contributed by atoms with Crippen molar-refractivity contribution in [3.8, 4) is 11.4 Å². The number of hydrogen-bond acceptors (Lipinski definition) is 5. The van der Waals surface area contributed by atoms with E-state index in [2.05, 4.69) is 22.5 Å². The quantitative estimate of drug-likeness (QED) is 0.577. The topological polar surface area (TPSA) is 47.4 Å². The van der Waals surface area contributed by atoms with E-state index in [0.717, 1.165) is 36.0 Å². The molecule has 0 aliphatic carbocycles. The van der Waals surface area contributed by atoms with E-state index in [9.17, 15) is 4.79 Å². The summed E-state index contributed by atoms with van der Waals surface area (Å²) in [4.78, 5) is 20.6. The lowest BCUT2D eigenvalue weighted by Crippen LogP contribution is -2.31. The van der Waals surface area contributed by atoms with Gasteiger partial charge in [-0.05, 0) is 48.6 Å². The normalized spacial score (nSPS) is 16.6. The van der Waals surface area contributed by atoms with E-state index in [0.29, 0.717) is 5.75 Å². The number of benzene rings is 1. The Morgan fingerprint density at radius 2 is 2.19 bits per heavy atom. The van der Waals surface area contributed by atoms with Gasteiger partial charge in [0.15, 0.2) is 5.16 Å². The zero-order valence-corrected chi connectivity index (χ0v) is 16.7. The molecule has 3 aromatic rings. The molecular weight excluding hydrogens is 378 g/mol. The molecule has 140 valence electrons. The fourth-order valence-corrected chi connectivity index (χ4v) is 5.12. The lowest BCUT2D eigenvalue weighted by Gasteiger charge is -2.23. The molecule has 1 amide bonds. The van der Waals surface area contributed by atoms with Crippen molar-refractivity contribution in [2.24, 2.45) is 0 Å². The van der Waals surface area contributed by atoms with Crippen LogP contribution in [-0.2, 0) is 4.79 Å². The summed E-state index contributed by atoms with van der Waals surface area (Å²) in [6, 6.07) is 12.2. The van der Waals surface area contributed by atoms with Crippen molar-refractivity contribution in [2.45, 2.75) is 24.0 Å². The fourth-order valence-electron chi connectivity index (χ4n) is 3.39. The summed E-state index contributed by atoms with van der Waals surface area (Å²) in [6.07, 6.45) is 5.80. The van der Waals surface area contributed by atoms with Gasteiger partial charge in [0.1, 0.15) is 5.75 Å². The van der Waals surface area contributed by atoms with E-state index in [-0.39, 0.29) is 11.9 Å². The number of aromatic nitrogens is 2. The second-order valence-electron chi connectivity index (χ2n) is 6.33. The second-order valence-corrected chi connectivity index (χ2v) is 8.25. The molecule has 7 heteroatoms. The summed E-state index contributed by atoms with van der Waals surface area (Å²) in [7, 11) is 1.65. The Morgan fingerprint density at radius 3 is 2.93 bits per heavy atom. The number of thiophene rings is 1. The zero-order valence-electron chi connectivity index (χ0n) is 15.1. The zero-order chi connectivity index (χ0) is 18.6. The summed E-state index contributed by atoms with van der Waals surface area (Å²) in [6.45, 7) is 0.842. The number of rotatable bonds is 6. The largest absolute Gasteiger partial charge is 0.497 e. The van der Waals surface area contributed by atoms with Crippen molar-refractivity contribution in [2.75, 3.05) is 19.4 Å². The third-order valence-corrected chi connectivity index (χ3v) is 6.65. The number of carbonyl (C=O) groups excluding carboxylic acids is 1. The van der Waals surface area contributed by atoms with Crippen molar-refractivity contribution < 1.29 is 9.53 Å². The molecule has 0 radical (unpaired) electrons. The van der Waals surface area contributed by atoms with Crippen LogP contribution in [0.3, 0.4) is 0 Å². The van der Waals surface area contributed by atoms with Crippen LogP contribution < -0.4 is 4.74 Å². The van der Waals surface area contributed by atoms with Gasteiger partial charge in [-0.3, -0.25) is 9.36 Å². The minimum absolute atomic E-state index is 0.181. The number of carbonyl (C=O) groups is 1. The molecule has 0 spiro atoms. The summed E-state index contributed by atoms with van der Waals surface area (Å²) < 4.78 is 7.21. The number of methoxy groups -OCH3 is 1. The van der Waals surface area contributed by atoms with Crippen molar-refractivity contribution in [3.63, 3.8) is 0 Å². The highest BCUT2D eigenvalue weighted by molar-refractivity contribution is 7.99. The van der Waals surface area contributed by atoms with Gasteiger partial charge in [-0.1, -0.05) is 17.8 Å². The summed E-state index contributed by atoms with van der Waals surface area (Å²) in [5, 5.41) is 2.90. The van der Waals surface area contributed by atoms with Crippen LogP contribution in [0.2, 0.25) is 0 Å². The van der Waals surface area contributed by atoms with E-state index in [1.165, 1.54) is 16.6 Å². The van der Waals surface area contributed by atoms with Crippen LogP contribution in [0.1, 0.15) is 23.8 Å². The maximum absolute atomic E-state index is 12.8. The van der Waals surface area contributed by atoms with Crippen molar-refractivity contribution >= 4 is 29.0 Å². The Hall–Kier alpha value is -2.25. The van der Waals surface area contributed by atoms with Crippen LogP contribution >= 0.6 is 23.1 Å². The minimum Gasteiger partial charge on any atom is -0.497 e. The molecule has 0 N–H and O–H groups in total. The summed E-state index contributed by atoms with van der Waals surface area (Å²) >= 11 is 3.22. The van der Waals surface area contributed by atoms with E-state index in [1.54, 1.807) is 24.6 Å². The predicted octanol–water partition coefficient (Wildman–Crippen LogP) is 4.40. The molecule has 1 fully saturated rings. The van der Waals surface area contributed by atoms with E-state index in [4.69, 9.17) is 4.74 Å². The first kappa shape index (κ1) is 18.1. The van der Waals surface area contributed by atoms with Crippen LogP contribution in [0.15, 0.2) is 59.3 Å². The maximum Gasteiger partial charge on any atom is 0.233 e. The predicted molar refractivity (Wildman–Crippen MR) is 109 cm³/mol. The first-order valence-corrected chi connectivity index (χ1v) is 10.8. The molecule has 1 aliphatic heterocycles. The molecule has 1 saturated heterocycles. The second kappa shape index (κ2) is 8.19. The van der Waals surface area contributed by atoms with Gasteiger partial charge in [0.25, 0.3) is 0 Å². The third kappa shape index (κ3) is 3.89. The first-order chi connectivity index (χ1) is 13.3. The van der Waals surface area contributed by atoms with Crippen molar-refractivity contribution in [1.29, 1.82) is 0 Å². The maximum atomic E-state index is 12.8. The molecule has 0 unspecified atom stereocenters. The van der Waals surface area contributed by atoms with Gasteiger partial charge in [0, 0.05) is 29.5 Å². The van der Waals surface area contributed by atoms with E-state index < -0.39 is 0 Å². The number of hydrogen-bond donors (Lipinski definition) is 0. The average Bonchev–Trinajstić information content (AvgIpc) is 3.47. The molecule has 27 heavy (non-hydrogen) atoms. The van der Waals surface area contributed by atoms with E-state index in [1.807, 2.05) is 39.9 Å².